The molecule has 1 aliphatic carbocycles. The fourth-order valence-electron chi connectivity index (χ4n) is 4.78. The molecule has 41 heavy (non-hydrogen) atoms. The van der Waals surface area contributed by atoms with Gasteiger partial charge in [-0.2, -0.15) is 13.2 Å². The number of aliphatic imine (C=N–C) groups is 1. The summed E-state index contributed by atoms with van der Waals surface area (Å²) in [7, 11) is 0. The highest BCUT2D eigenvalue weighted by Gasteiger charge is 2.34. The molecule has 0 spiro atoms. The Morgan fingerprint density at radius 1 is 1.00 bits per heavy atom. The van der Waals surface area contributed by atoms with E-state index in [1.807, 2.05) is 0 Å². The van der Waals surface area contributed by atoms with Crippen molar-refractivity contribution in [3.8, 4) is 0 Å². The summed E-state index contributed by atoms with van der Waals surface area (Å²) in [5, 5.41) is 15.4. The van der Waals surface area contributed by atoms with Crippen LogP contribution in [0.4, 0.5) is 27.6 Å². The highest BCUT2D eigenvalue weighted by molar-refractivity contribution is 6.31. The van der Waals surface area contributed by atoms with Crippen molar-refractivity contribution in [3.63, 3.8) is 0 Å². The van der Waals surface area contributed by atoms with E-state index in [0.29, 0.717) is 12.1 Å². The van der Waals surface area contributed by atoms with Crippen LogP contribution >= 0.6 is 0 Å². The molecule has 1 fully saturated rings. The number of hydrogen-bond donors (Lipinski definition) is 3. The van der Waals surface area contributed by atoms with Gasteiger partial charge in [0.1, 0.15) is 11.6 Å². The average Bonchev–Trinajstić information content (AvgIpc) is 3.21. The molecule has 3 aromatic rings. The fraction of sp³-hybridized carbons (Fsp3) is 0.241. The molecule has 0 bridgehead atoms. The van der Waals surface area contributed by atoms with Crippen molar-refractivity contribution in [1.29, 1.82) is 0 Å². The Morgan fingerprint density at radius 2 is 1.71 bits per heavy atom. The van der Waals surface area contributed by atoms with Gasteiger partial charge in [0.2, 0.25) is 0 Å². The first kappa shape index (κ1) is 28.1. The molecular formula is C29H22F5N3O4. The van der Waals surface area contributed by atoms with Gasteiger partial charge in [0, 0.05) is 33.9 Å². The Kier molecular flexibility index (Phi) is 7.20. The van der Waals surface area contributed by atoms with Crippen LogP contribution in [-0.2, 0) is 6.18 Å². The molecule has 2 aliphatic rings. The lowest BCUT2D eigenvalue weighted by atomic mass is 9.90. The van der Waals surface area contributed by atoms with Crippen molar-refractivity contribution in [2.75, 3.05) is 5.32 Å². The largest absolute Gasteiger partial charge is 0.416 e. The highest BCUT2D eigenvalue weighted by atomic mass is 19.4. The topological polar surface area (TPSA) is 108 Å². The number of carbonyl (C=O) groups excluding carboxylic acids is 3. The van der Waals surface area contributed by atoms with Crippen LogP contribution in [-0.4, -0.2) is 34.6 Å². The van der Waals surface area contributed by atoms with E-state index in [2.05, 4.69) is 15.6 Å². The van der Waals surface area contributed by atoms with Crippen molar-refractivity contribution in [3.05, 3.63) is 99.1 Å². The Balaban J connectivity index is 1.63. The minimum atomic E-state index is -4.93. The highest BCUT2D eigenvalue weighted by Crippen LogP contribution is 2.36. The smallest absolute Gasteiger partial charge is 0.389 e. The van der Waals surface area contributed by atoms with E-state index in [1.54, 1.807) is 0 Å². The van der Waals surface area contributed by atoms with Crippen LogP contribution in [0, 0.1) is 11.6 Å². The van der Waals surface area contributed by atoms with Crippen LogP contribution in [0.5, 0.6) is 0 Å². The summed E-state index contributed by atoms with van der Waals surface area (Å²) < 4.78 is 68.6. The van der Waals surface area contributed by atoms with Gasteiger partial charge < -0.3 is 15.7 Å². The molecule has 0 radical (unpaired) electrons. The third-order valence-corrected chi connectivity index (χ3v) is 6.98. The van der Waals surface area contributed by atoms with Crippen molar-refractivity contribution in [2.24, 2.45) is 4.99 Å². The number of alkyl halides is 3. The molecule has 12 heteroatoms. The number of rotatable bonds is 6. The summed E-state index contributed by atoms with van der Waals surface area (Å²) in [5.41, 5.74) is -2.76. The van der Waals surface area contributed by atoms with Gasteiger partial charge in [0.15, 0.2) is 0 Å². The van der Waals surface area contributed by atoms with Crippen LogP contribution < -0.4 is 10.6 Å². The van der Waals surface area contributed by atoms with Crippen molar-refractivity contribution in [2.45, 2.75) is 44.5 Å². The Morgan fingerprint density at radius 3 is 2.34 bits per heavy atom. The van der Waals surface area contributed by atoms with Gasteiger partial charge >= 0.3 is 6.18 Å². The van der Waals surface area contributed by atoms with Crippen LogP contribution in [0.2, 0.25) is 0 Å². The number of fused-ring (bicyclic) bond motifs is 1. The SMILES string of the molecule is CC(O)c1c(F)cccc1C1=NC(=O)c2cc(C(=O)NC3CCC3)cc(NC(=O)c3cc(F)cc(C(F)(F)F)c3)c21. The molecule has 7 nitrogen and oxygen atoms in total. The van der Waals surface area contributed by atoms with E-state index in [4.69, 9.17) is 0 Å². The van der Waals surface area contributed by atoms with Gasteiger partial charge in [-0.25, -0.2) is 13.8 Å². The summed E-state index contributed by atoms with van der Waals surface area (Å²) in [5.74, 6) is -4.64. The normalized spacial score (nSPS) is 15.6. The maximum absolute atomic E-state index is 14.7. The minimum Gasteiger partial charge on any atom is -0.389 e. The number of carbonyl (C=O) groups is 3. The molecule has 3 amide bonds. The lowest BCUT2D eigenvalue weighted by Gasteiger charge is -2.26. The van der Waals surface area contributed by atoms with E-state index in [0.717, 1.165) is 25.3 Å². The summed E-state index contributed by atoms with van der Waals surface area (Å²) in [6.45, 7) is 1.30. The van der Waals surface area contributed by atoms with Gasteiger partial charge in [-0.05, 0) is 62.6 Å². The van der Waals surface area contributed by atoms with E-state index in [9.17, 15) is 41.4 Å². The van der Waals surface area contributed by atoms with Gasteiger partial charge in [-0.3, -0.25) is 14.4 Å². The zero-order valence-corrected chi connectivity index (χ0v) is 21.4. The Hall–Kier alpha value is -4.45. The molecule has 0 aromatic heterocycles. The molecule has 0 saturated heterocycles. The lowest BCUT2D eigenvalue weighted by molar-refractivity contribution is -0.137. The van der Waals surface area contributed by atoms with Crippen LogP contribution in [0.25, 0.3) is 0 Å². The molecule has 3 aromatic carbocycles. The number of nitrogens with zero attached hydrogens (tertiary/aromatic N) is 1. The quantitative estimate of drug-likeness (QED) is 0.337. The summed E-state index contributed by atoms with van der Waals surface area (Å²) in [4.78, 5) is 43.1. The zero-order valence-electron chi connectivity index (χ0n) is 21.4. The molecular weight excluding hydrogens is 549 g/mol. The number of hydrogen-bond acceptors (Lipinski definition) is 4. The molecule has 5 rings (SSSR count). The molecule has 212 valence electrons. The number of aliphatic hydroxyl groups is 1. The third-order valence-electron chi connectivity index (χ3n) is 6.98. The number of aliphatic hydroxyl groups excluding tert-OH is 1. The molecule has 1 atom stereocenters. The number of amides is 3. The molecule has 1 heterocycles. The lowest BCUT2D eigenvalue weighted by Crippen LogP contribution is -2.39. The maximum atomic E-state index is 14.7. The van der Waals surface area contributed by atoms with Crippen LogP contribution in [0.15, 0.2) is 53.5 Å². The van der Waals surface area contributed by atoms with Crippen molar-refractivity contribution in [1.82, 2.24) is 5.32 Å². The van der Waals surface area contributed by atoms with E-state index < -0.39 is 52.8 Å². The van der Waals surface area contributed by atoms with Crippen molar-refractivity contribution >= 4 is 29.1 Å². The third kappa shape index (κ3) is 5.47. The first-order valence-corrected chi connectivity index (χ1v) is 12.6. The summed E-state index contributed by atoms with van der Waals surface area (Å²) in [6.07, 6.45) is -3.81. The Bertz CT molecular complexity index is 1630. The van der Waals surface area contributed by atoms with Gasteiger partial charge in [-0.1, -0.05) is 12.1 Å². The van der Waals surface area contributed by atoms with Gasteiger partial charge in [0.25, 0.3) is 17.7 Å². The second-order valence-electron chi connectivity index (χ2n) is 9.87. The molecule has 1 saturated carbocycles. The van der Waals surface area contributed by atoms with Gasteiger partial charge in [0.05, 0.1) is 28.6 Å². The zero-order chi connectivity index (χ0) is 29.6. The summed E-state index contributed by atoms with van der Waals surface area (Å²) >= 11 is 0. The first-order valence-electron chi connectivity index (χ1n) is 12.6. The molecule has 1 aliphatic heterocycles. The number of anilines is 1. The average molecular weight is 572 g/mol. The number of halogens is 5. The van der Waals surface area contributed by atoms with Gasteiger partial charge in [-0.15, -0.1) is 0 Å². The summed E-state index contributed by atoms with van der Waals surface area (Å²) in [6, 6.07) is 7.52. The van der Waals surface area contributed by atoms with Crippen LogP contribution in [0.1, 0.15) is 85.6 Å². The van der Waals surface area contributed by atoms with Crippen LogP contribution in [0.3, 0.4) is 0 Å². The van der Waals surface area contributed by atoms with Crippen molar-refractivity contribution < 1.29 is 41.4 Å². The predicted molar refractivity (Wildman–Crippen MR) is 138 cm³/mol. The number of benzene rings is 3. The van der Waals surface area contributed by atoms with E-state index >= 15 is 0 Å². The Labute approximate surface area is 230 Å². The second-order valence-corrected chi connectivity index (χ2v) is 9.87. The standard InChI is InChI=1S/C29H22F5N3O4/c1-13(38)23-19(6-3-7-21(23)31)25-24-20(28(41)37-25)10-15(26(39)35-18-4-2-5-18)11-22(24)36-27(40)14-8-16(29(32,33)34)12-17(30)9-14/h3,6-13,18,38H,2,4-5H2,1H3,(H,35,39)(H,36,40). The monoisotopic (exact) mass is 571 g/mol. The second kappa shape index (κ2) is 10.5. The predicted octanol–water partition coefficient (Wildman–Crippen LogP) is 5.56. The van der Waals surface area contributed by atoms with E-state index in [1.165, 1.54) is 31.2 Å². The fourth-order valence-corrected chi connectivity index (χ4v) is 4.78. The first-order chi connectivity index (χ1) is 19.3. The maximum Gasteiger partial charge on any atom is 0.416 e. The number of nitrogens with one attached hydrogen (secondary N) is 2. The molecule has 3 N–H and O–H groups in total. The molecule has 1 unspecified atom stereocenters. The minimum absolute atomic E-state index is 0.0272. The van der Waals surface area contributed by atoms with E-state index in [-0.39, 0.29) is 51.3 Å².